The molecule has 0 fully saturated rings. The molecule has 24 heavy (non-hydrogen) atoms. The van der Waals surface area contributed by atoms with E-state index in [1.807, 2.05) is 32.9 Å². The normalized spacial score (nSPS) is 12.0. The quantitative estimate of drug-likeness (QED) is 0.853. The van der Waals surface area contributed by atoms with E-state index < -0.39 is 0 Å². The first-order valence-corrected chi connectivity index (χ1v) is 7.93. The van der Waals surface area contributed by atoms with Crippen LogP contribution in [0.5, 0.6) is 0 Å². The van der Waals surface area contributed by atoms with Crippen LogP contribution in [0.15, 0.2) is 35.1 Å². The molecular formula is C18H23N3O3. The van der Waals surface area contributed by atoms with Crippen molar-refractivity contribution in [1.82, 2.24) is 15.6 Å². The van der Waals surface area contributed by atoms with Gasteiger partial charge in [0.25, 0.3) is 5.91 Å². The van der Waals surface area contributed by atoms with Gasteiger partial charge in [-0.1, -0.05) is 19.9 Å². The predicted molar refractivity (Wildman–Crippen MR) is 90.5 cm³/mol. The van der Waals surface area contributed by atoms with Crippen molar-refractivity contribution in [2.24, 2.45) is 5.92 Å². The molecule has 2 N–H and O–H groups in total. The Hall–Kier alpha value is -2.63. The zero-order valence-electron chi connectivity index (χ0n) is 14.4. The van der Waals surface area contributed by atoms with Crippen molar-refractivity contribution in [2.45, 2.75) is 33.7 Å². The van der Waals surface area contributed by atoms with Crippen LogP contribution in [0.1, 0.15) is 47.3 Å². The molecule has 0 aliphatic heterocycles. The number of hydrogen-bond donors (Lipinski definition) is 2. The number of amides is 2. The van der Waals surface area contributed by atoms with Crippen molar-refractivity contribution in [3.8, 4) is 0 Å². The van der Waals surface area contributed by atoms with E-state index in [-0.39, 0.29) is 30.3 Å². The third-order valence-electron chi connectivity index (χ3n) is 3.84. The SMILES string of the molecule is Cc1cccnc1[C@@H](NC(=O)CNC(=O)c1ccoc1C)C(C)C. The summed E-state index contributed by atoms with van der Waals surface area (Å²) in [5.74, 6) is 0.117. The van der Waals surface area contributed by atoms with Crippen LogP contribution in [0.4, 0.5) is 0 Å². The highest BCUT2D eigenvalue weighted by Gasteiger charge is 2.21. The van der Waals surface area contributed by atoms with Gasteiger partial charge in [-0.2, -0.15) is 0 Å². The number of carbonyl (C=O) groups excluding carboxylic acids is 2. The van der Waals surface area contributed by atoms with E-state index in [2.05, 4.69) is 15.6 Å². The topological polar surface area (TPSA) is 84.2 Å². The molecule has 2 amide bonds. The van der Waals surface area contributed by atoms with Crippen LogP contribution in [-0.4, -0.2) is 23.3 Å². The second-order valence-corrected chi connectivity index (χ2v) is 6.07. The molecule has 1 atom stereocenters. The van der Waals surface area contributed by atoms with Crippen LogP contribution in [-0.2, 0) is 4.79 Å². The van der Waals surface area contributed by atoms with E-state index in [4.69, 9.17) is 4.42 Å². The Balaban J connectivity index is 1.98. The summed E-state index contributed by atoms with van der Waals surface area (Å²) in [4.78, 5) is 28.6. The fraction of sp³-hybridized carbons (Fsp3) is 0.389. The molecule has 6 nitrogen and oxygen atoms in total. The molecule has 0 bridgehead atoms. The monoisotopic (exact) mass is 329 g/mol. The van der Waals surface area contributed by atoms with Gasteiger partial charge in [-0.15, -0.1) is 0 Å². The maximum Gasteiger partial charge on any atom is 0.255 e. The number of carbonyl (C=O) groups is 2. The maximum absolute atomic E-state index is 12.2. The summed E-state index contributed by atoms with van der Waals surface area (Å²) >= 11 is 0. The average molecular weight is 329 g/mol. The second kappa shape index (κ2) is 7.77. The third-order valence-corrected chi connectivity index (χ3v) is 3.84. The summed E-state index contributed by atoms with van der Waals surface area (Å²) in [5.41, 5.74) is 2.30. The lowest BCUT2D eigenvalue weighted by molar-refractivity contribution is -0.121. The maximum atomic E-state index is 12.2. The van der Waals surface area contributed by atoms with Gasteiger partial charge in [-0.05, 0) is 37.5 Å². The van der Waals surface area contributed by atoms with Gasteiger partial charge >= 0.3 is 0 Å². The zero-order valence-corrected chi connectivity index (χ0v) is 14.4. The molecule has 6 heteroatoms. The highest BCUT2D eigenvalue weighted by molar-refractivity contribution is 5.97. The largest absolute Gasteiger partial charge is 0.469 e. The Labute approximate surface area is 141 Å². The third kappa shape index (κ3) is 4.22. The molecule has 0 saturated heterocycles. The molecular weight excluding hydrogens is 306 g/mol. The molecule has 2 aromatic heterocycles. The van der Waals surface area contributed by atoms with Gasteiger partial charge < -0.3 is 15.1 Å². The molecule has 0 aromatic carbocycles. The lowest BCUT2D eigenvalue weighted by atomic mass is 9.97. The summed E-state index contributed by atoms with van der Waals surface area (Å²) in [6.07, 6.45) is 3.16. The number of pyridine rings is 1. The van der Waals surface area contributed by atoms with Crippen molar-refractivity contribution in [2.75, 3.05) is 6.54 Å². The van der Waals surface area contributed by atoms with Gasteiger partial charge in [-0.25, -0.2) is 0 Å². The van der Waals surface area contributed by atoms with Crippen LogP contribution in [0.2, 0.25) is 0 Å². The standard InChI is InChI=1S/C18H23N3O3/c1-11(2)16(17-12(3)6-5-8-19-17)21-15(22)10-20-18(23)14-7-9-24-13(14)4/h5-9,11,16H,10H2,1-4H3,(H,20,23)(H,21,22)/t16-/m0/s1. The van der Waals surface area contributed by atoms with Gasteiger partial charge in [0, 0.05) is 6.20 Å². The molecule has 2 heterocycles. The van der Waals surface area contributed by atoms with Gasteiger partial charge in [0.1, 0.15) is 5.76 Å². The molecule has 0 aliphatic carbocycles. The number of aromatic nitrogens is 1. The van der Waals surface area contributed by atoms with Crippen LogP contribution < -0.4 is 10.6 Å². The Bertz CT molecular complexity index is 722. The molecule has 0 radical (unpaired) electrons. The number of hydrogen-bond acceptors (Lipinski definition) is 4. The zero-order chi connectivity index (χ0) is 17.7. The second-order valence-electron chi connectivity index (χ2n) is 6.07. The fourth-order valence-electron chi connectivity index (χ4n) is 2.48. The smallest absolute Gasteiger partial charge is 0.255 e. The van der Waals surface area contributed by atoms with E-state index in [0.29, 0.717) is 11.3 Å². The molecule has 0 saturated carbocycles. The van der Waals surface area contributed by atoms with Crippen LogP contribution >= 0.6 is 0 Å². The first-order valence-electron chi connectivity index (χ1n) is 7.93. The van der Waals surface area contributed by atoms with E-state index in [1.54, 1.807) is 19.2 Å². The summed E-state index contributed by atoms with van der Waals surface area (Å²) in [6.45, 7) is 7.61. The van der Waals surface area contributed by atoms with Crippen molar-refractivity contribution in [3.63, 3.8) is 0 Å². The van der Waals surface area contributed by atoms with E-state index in [9.17, 15) is 9.59 Å². The van der Waals surface area contributed by atoms with Gasteiger partial charge in [0.15, 0.2) is 0 Å². The summed E-state index contributed by atoms with van der Waals surface area (Å²) < 4.78 is 5.09. The summed E-state index contributed by atoms with van der Waals surface area (Å²) in [5, 5.41) is 5.55. The molecule has 0 spiro atoms. The highest BCUT2D eigenvalue weighted by Crippen LogP contribution is 2.22. The Kier molecular flexibility index (Phi) is 5.73. The van der Waals surface area contributed by atoms with Crippen LogP contribution in [0.3, 0.4) is 0 Å². The number of rotatable bonds is 6. The number of nitrogens with one attached hydrogen (secondary N) is 2. The van der Waals surface area contributed by atoms with Crippen molar-refractivity contribution in [1.29, 1.82) is 0 Å². The van der Waals surface area contributed by atoms with Crippen LogP contribution in [0, 0.1) is 19.8 Å². The van der Waals surface area contributed by atoms with E-state index >= 15 is 0 Å². The first kappa shape index (κ1) is 17.7. The van der Waals surface area contributed by atoms with Gasteiger partial charge in [0.2, 0.25) is 5.91 Å². The van der Waals surface area contributed by atoms with Crippen molar-refractivity contribution in [3.05, 3.63) is 53.2 Å². The average Bonchev–Trinajstić information content (AvgIpc) is 2.97. The van der Waals surface area contributed by atoms with Gasteiger partial charge in [0.05, 0.1) is 30.1 Å². The predicted octanol–water partition coefficient (Wildman–Crippen LogP) is 2.53. The number of furan rings is 1. The first-order chi connectivity index (χ1) is 11.4. The van der Waals surface area contributed by atoms with E-state index in [1.165, 1.54) is 6.26 Å². The summed E-state index contributed by atoms with van der Waals surface area (Å²) in [7, 11) is 0. The lowest BCUT2D eigenvalue weighted by Crippen LogP contribution is -2.40. The molecule has 0 unspecified atom stereocenters. The molecule has 2 rings (SSSR count). The lowest BCUT2D eigenvalue weighted by Gasteiger charge is -2.23. The Morgan fingerprint density at radius 2 is 2.00 bits per heavy atom. The number of aryl methyl sites for hydroxylation is 2. The molecule has 0 aliphatic rings. The summed E-state index contributed by atoms with van der Waals surface area (Å²) in [6, 6.07) is 5.21. The number of nitrogens with zero attached hydrogens (tertiary/aromatic N) is 1. The van der Waals surface area contributed by atoms with Gasteiger partial charge in [-0.3, -0.25) is 14.6 Å². The molecule has 2 aromatic rings. The Morgan fingerprint density at radius 1 is 1.25 bits per heavy atom. The Morgan fingerprint density at radius 3 is 2.58 bits per heavy atom. The fourth-order valence-corrected chi connectivity index (χ4v) is 2.48. The van der Waals surface area contributed by atoms with E-state index in [0.717, 1.165) is 11.3 Å². The van der Waals surface area contributed by atoms with Crippen molar-refractivity contribution >= 4 is 11.8 Å². The minimum atomic E-state index is -0.327. The van der Waals surface area contributed by atoms with Crippen molar-refractivity contribution < 1.29 is 14.0 Å². The minimum absolute atomic E-state index is 0.0987. The highest BCUT2D eigenvalue weighted by atomic mass is 16.3. The molecule has 128 valence electrons. The minimum Gasteiger partial charge on any atom is -0.469 e. The van der Waals surface area contributed by atoms with Crippen LogP contribution in [0.25, 0.3) is 0 Å².